The van der Waals surface area contributed by atoms with Crippen molar-refractivity contribution in [3.05, 3.63) is 39.4 Å². The molecule has 1 saturated heterocycles. The number of piperazine rings is 1. The number of non-ortho nitro benzene ring substituents is 1. The molecule has 154 valence electrons. The van der Waals surface area contributed by atoms with Crippen LogP contribution in [0, 0.1) is 10.1 Å². The maximum absolute atomic E-state index is 12.8. The number of carbonyl (C=O) groups is 2. The van der Waals surface area contributed by atoms with E-state index in [-0.39, 0.29) is 43.9 Å². The second-order valence-electron chi connectivity index (χ2n) is 6.23. The minimum absolute atomic E-state index is 0.0267. The van der Waals surface area contributed by atoms with Gasteiger partial charge in [0.05, 0.1) is 17.1 Å². The molecule has 0 aromatic heterocycles. The van der Waals surface area contributed by atoms with Crippen molar-refractivity contribution in [3.8, 4) is 0 Å². The molecule has 0 spiro atoms. The Morgan fingerprint density at radius 1 is 1.14 bits per heavy atom. The normalized spacial score (nSPS) is 15.5. The molecule has 0 aliphatic carbocycles. The van der Waals surface area contributed by atoms with Gasteiger partial charge < -0.3 is 9.64 Å². The quantitative estimate of drug-likeness (QED) is 0.372. The van der Waals surface area contributed by atoms with Gasteiger partial charge in [-0.1, -0.05) is 0 Å². The van der Waals surface area contributed by atoms with Crippen LogP contribution in [-0.4, -0.2) is 85.6 Å². The van der Waals surface area contributed by atoms with Crippen LogP contribution in [-0.2, 0) is 14.9 Å². The van der Waals surface area contributed by atoms with Crippen molar-refractivity contribution >= 4 is 27.8 Å². The standard InChI is InChI=1S/C16H22N4O7S/c1-4-27-16(22)13-9-12(10-14(11-13)20(23)24)15(21)18-5-7-19(8-6-18)28(25,26)17(2)3/h9-11H,4-8H2,1-3H3. The average molecular weight is 414 g/mol. The molecule has 1 aromatic rings. The lowest BCUT2D eigenvalue weighted by atomic mass is 10.1. The highest BCUT2D eigenvalue weighted by Crippen LogP contribution is 2.21. The first-order chi connectivity index (χ1) is 13.1. The Hall–Kier alpha value is -2.57. The summed E-state index contributed by atoms with van der Waals surface area (Å²) in [6, 6.07) is 3.39. The Morgan fingerprint density at radius 3 is 2.21 bits per heavy atom. The number of amides is 1. The van der Waals surface area contributed by atoms with Crippen LogP contribution in [0.2, 0.25) is 0 Å². The average Bonchev–Trinajstić information content (AvgIpc) is 2.67. The minimum Gasteiger partial charge on any atom is -0.462 e. The first-order valence-corrected chi connectivity index (χ1v) is 9.91. The summed E-state index contributed by atoms with van der Waals surface area (Å²) in [6.07, 6.45) is 0. The highest BCUT2D eigenvalue weighted by molar-refractivity contribution is 7.86. The molecule has 1 heterocycles. The summed E-state index contributed by atoms with van der Waals surface area (Å²) in [5, 5.41) is 11.2. The highest BCUT2D eigenvalue weighted by Gasteiger charge is 2.31. The van der Waals surface area contributed by atoms with Crippen LogP contribution in [0.1, 0.15) is 27.6 Å². The summed E-state index contributed by atoms with van der Waals surface area (Å²) in [4.78, 5) is 36.6. The van der Waals surface area contributed by atoms with Crippen LogP contribution in [0.15, 0.2) is 18.2 Å². The molecular formula is C16H22N4O7S. The number of nitro benzene ring substituents is 1. The molecule has 0 saturated carbocycles. The third-order valence-electron chi connectivity index (χ3n) is 4.20. The minimum atomic E-state index is -3.58. The van der Waals surface area contributed by atoms with Crippen molar-refractivity contribution in [2.24, 2.45) is 0 Å². The number of nitro groups is 1. The fourth-order valence-electron chi connectivity index (χ4n) is 2.71. The number of hydrogen-bond donors (Lipinski definition) is 0. The van der Waals surface area contributed by atoms with E-state index in [0.29, 0.717) is 0 Å². The molecule has 0 N–H and O–H groups in total. The Bertz CT molecular complexity index is 877. The van der Waals surface area contributed by atoms with Gasteiger partial charge in [-0.25, -0.2) is 4.79 Å². The molecule has 11 nitrogen and oxygen atoms in total. The zero-order valence-electron chi connectivity index (χ0n) is 15.8. The molecule has 0 radical (unpaired) electrons. The molecule has 1 fully saturated rings. The summed E-state index contributed by atoms with van der Waals surface area (Å²) in [7, 11) is -0.731. The summed E-state index contributed by atoms with van der Waals surface area (Å²) in [5.41, 5.74) is -0.517. The molecule has 1 aliphatic rings. The van der Waals surface area contributed by atoms with Crippen LogP contribution < -0.4 is 0 Å². The van der Waals surface area contributed by atoms with Crippen LogP contribution in [0.4, 0.5) is 5.69 Å². The van der Waals surface area contributed by atoms with Gasteiger partial charge in [0, 0.05) is 58.0 Å². The molecule has 0 unspecified atom stereocenters. The number of nitrogens with zero attached hydrogens (tertiary/aromatic N) is 4. The first kappa shape index (κ1) is 21.7. The topological polar surface area (TPSA) is 130 Å². The summed E-state index contributed by atoms with van der Waals surface area (Å²) < 4.78 is 31.5. The van der Waals surface area contributed by atoms with E-state index in [4.69, 9.17) is 4.74 Å². The van der Waals surface area contributed by atoms with Crippen LogP contribution in [0.3, 0.4) is 0 Å². The number of ether oxygens (including phenoxy) is 1. The number of esters is 1. The molecule has 1 aromatic carbocycles. The smallest absolute Gasteiger partial charge is 0.338 e. The number of hydrogen-bond acceptors (Lipinski definition) is 7. The van der Waals surface area contributed by atoms with Gasteiger partial charge in [-0.3, -0.25) is 14.9 Å². The lowest BCUT2D eigenvalue weighted by Crippen LogP contribution is -2.53. The van der Waals surface area contributed by atoms with Crippen molar-refractivity contribution in [1.82, 2.24) is 13.5 Å². The maximum Gasteiger partial charge on any atom is 0.338 e. The van der Waals surface area contributed by atoms with E-state index in [1.54, 1.807) is 6.92 Å². The van der Waals surface area contributed by atoms with E-state index in [0.717, 1.165) is 16.4 Å². The van der Waals surface area contributed by atoms with Gasteiger partial charge in [0.15, 0.2) is 0 Å². The van der Waals surface area contributed by atoms with E-state index >= 15 is 0 Å². The third-order valence-corrected chi connectivity index (χ3v) is 6.14. The summed E-state index contributed by atoms with van der Waals surface area (Å²) >= 11 is 0. The maximum atomic E-state index is 12.8. The molecule has 1 aliphatic heterocycles. The Morgan fingerprint density at radius 2 is 1.71 bits per heavy atom. The van der Waals surface area contributed by atoms with E-state index < -0.39 is 32.7 Å². The molecule has 1 amide bonds. The number of rotatable bonds is 6. The molecule has 2 rings (SSSR count). The van der Waals surface area contributed by atoms with E-state index in [9.17, 15) is 28.1 Å². The zero-order chi connectivity index (χ0) is 21.1. The lowest BCUT2D eigenvalue weighted by Gasteiger charge is -2.35. The molecule has 0 atom stereocenters. The number of benzene rings is 1. The van der Waals surface area contributed by atoms with Gasteiger partial charge in [0.25, 0.3) is 21.8 Å². The van der Waals surface area contributed by atoms with Crippen molar-refractivity contribution in [2.75, 3.05) is 46.9 Å². The van der Waals surface area contributed by atoms with Crippen molar-refractivity contribution < 1.29 is 27.7 Å². The SMILES string of the molecule is CCOC(=O)c1cc(C(=O)N2CCN(S(=O)(=O)N(C)C)CC2)cc([N+](=O)[O-])c1. The second kappa shape index (κ2) is 8.63. The Balaban J connectivity index is 2.22. The summed E-state index contributed by atoms with van der Waals surface area (Å²) in [6.45, 7) is 2.15. The van der Waals surface area contributed by atoms with Gasteiger partial charge in [0.1, 0.15) is 0 Å². The molecule has 28 heavy (non-hydrogen) atoms. The van der Waals surface area contributed by atoms with Gasteiger partial charge in [-0.15, -0.1) is 0 Å². The fourth-order valence-corrected chi connectivity index (χ4v) is 3.79. The monoisotopic (exact) mass is 414 g/mol. The molecular weight excluding hydrogens is 392 g/mol. The van der Waals surface area contributed by atoms with Gasteiger partial charge in [-0.05, 0) is 13.0 Å². The molecule has 0 bridgehead atoms. The zero-order valence-corrected chi connectivity index (χ0v) is 16.6. The van der Waals surface area contributed by atoms with E-state index in [1.807, 2.05) is 0 Å². The fraction of sp³-hybridized carbons (Fsp3) is 0.500. The van der Waals surface area contributed by atoms with Gasteiger partial charge in [0.2, 0.25) is 0 Å². The third kappa shape index (κ3) is 4.64. The molecule has 12 heteroatoms. The lowest BCUT2D eigenvalue weighted by molar-refractivity contribution is -0.384. The predicted molar refractivity (Wildman–Crippen MR) is 99.1 cm³/mol. The summed E-state index contributed by atoms with van der Waals surface area (Å²) in [5.74, 6) is -1.28. The highest BCUT2D eigenvalue weighted by atomic mass is 32.2. The predicted octanol–water partition coefficient (Wildman–Crippen LogP) is 0.336. The first-order valence-electron chi connectivity index (χ1n) is 8.51. The van der Waals surface area contributed by atoms with Crippen molar-refractivity contribution in [3.63, 3.8) is 0 Å². The van der Waals surface area contributed by atoms with Crippen LogP contribution in [0.25, 0.3) is 0 Å². The van der Waals surface area contributed by atoms with Gasteiger partial charge in [-0.2, -0.15) is 17.0 Å². The van der Waals surface area contributed by atoms with Crippen molar-refractivity contribution in [1.29, 1.82) is 0 Å². The van der Waals surface area contributed by atoms with Crippen molar-refractivity contribution in [2.45, 2.75) is 6.92 Å². The Labute approximate surface area is 162 Å². The van der Waals surface area contributed by atoms with E-state index in [2.05, 4.69) is 0 Å². The number of carbonyl (C=O) groups excluding carboxylic acids is 2. The van der Waals surface area contributed by atoms with Crippen LogP contribution >= 0.6 is 0 Å². The second-order valence-corrected chi connectivity index (χ2v) is 8.37. The van der Waals surface area contributed by atoms with Crippen LogP contribution in [0.5, 0.6) is 0 Å². The largest absolute Gasteiger partial charge is 0.462 e. The Kier molecular flexibility index (Phi) is 6.69. The van der Waals surface area contributed by atoms with Gasteiger partial charge >= 0.3 is 5.97 Å². The van der Waals surface area contributed by atoms with E-state index in [1.165, 1.54) is 29.4 Å².